The molecule has 1 unspecified atom stereocenters. The number of ether oxygens (including phenoxy) is 1. The van der Waals surface area contributed by atoms with E-state index < -0.39 is 12.0 Å². The highest BCUT2D eigenvalue weighted by atomic mass is 79.9. The van der Waals surface area contributed by atoms with Gasteiger partial charge in [-0.15, -0.1) is 0 Å². The monoisotopic (exact) mass is 344 g/mol. The predicted molar refractivity (Wildman–Crippen MR) is 83.9 cm³/mol. The molecule has 0 spiro atoms. The standard InChI is InChI=1S/C16H13BrN2O2/c1-21-16(20)12-7-5-11(6-8-12)15(10-18)19-14-4-2-3-13(17)9-14/h2-9,15,19H,1H3. The van der Waals surface area contributed by atoms with Crippen LogP contribution in [0.4, 0.5) is 5.69 Å². The van der Waals surface area contributed by atoms with Crippen LogP contribution in [0.2, 0.25) is 0 Å². The van der Waals surface area contributed by atoms with E-state index in [9.17, 15) is 10.1 Å². The van der Waals surface area contributed by atoms with Crippen molar-refractivity contribution in [2.45, 2.75) is 6.04 Å². The smallest absolute Gasteiger partial charge is 0.337 e. The summed E-state index contributed by atoms with van der Waals surface area (Å²) in [5, 5.41) is 12.5. The fourth-order valence-corrected chi connectivity index (χ4v) is 2.26. The topological polar surface area (TPSA) is 62.1 Å². The number of hydrogen-bond acceptors (Lipinski definition) is 4. The van der Waals surface area contributed by atoms with Crippen LogP contribution in [0.1, 0.15) is 22.0 Å². The number of halogens is 1. The van der Waals surface area contributed by atoms with Crippen LogP contribution >= 0.6 is 15.9 Å². The number of anilines is 1. The number of nitrogens with one attached hydrogen (secondary N) is 1. The van der Waals surface area contributed by atoms with Gasteiger partial charge in [0.25, 0.3) is 0 Å². The zero-order chi connectivity index (χ0) is 15.2. The fraction of sp³-hybridized carbons (Fsp3) is 0.125. The van der Waals surface area contributed by atoms with Gasteiger partial charge in [0, 0.05) is 10.2 Å². The molecule has 0 aliphatic heterocycles. The lowest BCUT2D eigenvalue weighted by atomic mass is 10.1. The van der Waals surface area contributed by atoms with Crippen LogP contribution in [0, 0.1) is 11.3 Å². The molecule has 0 aliphatic carbocycles. The number of rotatable bonds is 4. The Kier molecular flexibility index (Phi) is 4.96. The van der Waals surface area contributed by atoms with Gasteiger partial charge in [0.15, 0.2) is 0 Å². The minimum absolute atomic E-state index is 0.394. The van der Waals surface area contributed by atoms with E-state index in [-0.39, 0.29) is 0 Å². The summed E-state index contributed by atoms with van der Waals surface area (Å²) in [7, 11) is 1.34. The van der Waals surface area contributed by atoms with Crippen molar-refractivity contribution in [1.82, 2.24) is 0 Å². The summed E-state index contributed by atoms with van der Waals surface area (Å²) in [6.45, 7) is 0. The van der Waals surface area contributed by atoms with Crippen molar-refractivity contribution in [3.05, 3.63) is 64.1 Å². The molecule has 2 rings (SSSR count). The molecule has 0 aromatic heterocycles. The second-order valence-electron chi connectivity index (χ2n) is 4.33. The Morgan fingerprint density at radius 2 is 2.00 bits per heavy atom. The molecular formula is C16H13BrN2O2. The summed E-state index contributed by atoms with van der Waals surface area (Å²) in [6, 6.07) is 16.1. The van der Waals surface area contributed by atoms with Crippen LogP contribution in [0.25, 0.3) is 0 Å². The maximum absolute atomic E-state index is 11.4. The molecule has 0 amide bonds. The molecule has 5 heteroatoms. The number of carbonyl (C=O) groups is 1. The number of carbonyl (C=O) groups excluding carboxylic acids is 1. The molecule has 21 heavy (non-hydrogen) atoms. The summed E-state index contributed by atoms with van der Waals surface area (Å²) in [6.07, 6.45) is 0. The van der Waals surface area contributed by atoms with Crippen molar-refractivity contribution < 1.29 is 9.53 Å². The third-order valence-corrected chi connectivity index (χ3v) is 3.42. The Morgan fingerprint density at radius 1 is 1.29 bits per heavy atom. The third-order valence-electron chi connectivity index (χ3n) is 2.93. The lowest BCUT2D eigenvalue weighted by Crippen LogP contribution is -2.09. The third kappa shape index (κ3) is 3.83. The minimum atomic E-state index is -0.494. The van der Waals surface area contributed by atoms with E-state index in [2.05, 4.69) is 32.1 Å². The molecule has 2 aromatic rings. The average Bonchev–Trinajstić information content (AvgIpc) is 2.52. The number of nitrogens with zero attached hydrogens (tertiary/aromatic N) is 1. The lowest BCUT2D eigenvalue weighted by molar-refractivity contribution is 0.0600. The maximum Gasteiger partial charge on any atom is 0.337 e. The molecular weight excluding hydrogens is 332 g/mol. The average molecular weight is 345 g/mol. The first-order valence-corrected chi connectivity index (χ1v) is 7.03. The Balaban J connectivity index is 2.18. The van der Waals surface area contributed by atoms with E-state index in [0.717, 1.165) is 15.7 Å². The highest BCUT2D eigenvalue weighted by Crippen LogP contribution is 2.22. The molecule has 0 radical (unpaired) electrons. The van der Waals surface area contributed by atoms with Crippen molar-refractivity contribution in [2.24, 2.45) is 0 Å². The van der Waals surface area contributed by atoms with Gasteiger partial charge in [-0.2, -0.15) is 5.26 Å². The second kappa shape index (κ2) is 6.91. The van der Waals surface area contributed by atoms with Gasteiger partial charge in [-0.05, 0) is 35.9 Å². The van der Waals surface area contributed by atoms with Crippen LogP contribution < -0.4 is 5.32 Å². The Morgan fingerprint density at radius 3 is 2.57 bits per heavy atom. The largest absolute Gasteiger partial charge is 0.465 e. The normalized spacial score (nSPS) is 11.3. The fourth-order valence-electron chi connectivity index (χ4n) is 1.86. The van der Waals surface area contributed by atoms with Crippen molar-refractivity contribution in [1.29, 1.82) is 5.26 Å². The number of nitriles is 1. The SMILES string of the molecule is COC(=O)c1ccc(C(C#N)Nc2cccc(Br)c2)cc1. The molecule has 0 saturated heterocycles. The van der Waals surface area contributed by atoms with Crippen LogP contribution in [0.5, 0.6) is 0 Å². The summed E-state index contributed by atoms with van der Waals surface area (Å²) < 4.78 is 5.58. The molecule has 0 aliphatic rings. The first kappa shape index (κ1) is 15.1. The summed E-state index contributed by atoms with van der Waals surface area (Å²) in [5.74, 6) is -0.394. The number of hydrogen-bond donors (Lipinski definition) is 1. The quantitative estimate of drug-likeness (QED) is 0.854. The molecule has 0 fully saturated rings. The van der Waals surface area contributed by atoms with Crippen LogP contribution in [0.15, 0.2) is 53.0 Å². The van der Waals surface area contributed by atoms with Gasteiger partial charge < -0.3 is 10.1 Å². The molecule has 1 N–H and O–H groups in total. The molecule has 106 valence electrons. The lowest BCUT2D eigenvalue weighted by Gasteiger charge is -2.14. The van der Waals surface area contributed by atoms with Crippen molar-refractivity contribution in [3.63, 3.8) is 0 Å². The van der Waals surface area contributed by atoms with Gasteiger partial charge in [0.05, 0.1) is 18.7 Å². The van der Waals surface area contributed by atoms with E-state index in [4.69, 9.17) is 0 Å². The molecule has 1 atom stereocenters. The Bertz CT molecular complexity index is 677. The number of benzene rings is 2. The van der Waals surface area contributed by atoms with Gasteiger partial charge >= 0.3 is 5.97 Å². The van der Waals surface area contributed by atoms with Crippen molar-refractivity contribution in [3.8, 4) is 6.07 Å². The van der Waals surface area contributed by atoms with Crippen LogP contribution in [0.3, 0.4) is 0 Å². The Hall–Kier alpha value is -2.32. The number of methoxy groups -OCH3 is 1. The molecule has 0 saturated carbocycles. The van der Waals surface area contributed by atoms with E-state index in [1.807, 2.05) is 24.3 Å². The molecule has 2 aromatic carbocycles. The van der Waals surface area contributed by atoms with Crippen molar-refractivity contribution >= 4 is 27.6 Å². The molecule has 4 nitrogen and oxygen atoms in total. The highest BCUT2D eigenvalue weighted by Gasteiger charge is 2.12. The van der Waals surface area contributed by atoms with E-state index in [1.54, 1.807) is 24.3 Å². The zero-order valence-electron chi connectivity index (χ0n) is 11.3. The van der Waals surface area contributed by atoms with Crippen LogP contribution in [-0.2, 0) is 4.74 Å². The van der Waals surface area contributed by atoms with Gasteiger partial charge in [-0.1, -0.05) is 34.1 Å². The van der Waals surface area contributed by atoms with Gasteiger partial charge in [0.2, 0.25) is 0 Å². The minimum Gasteiger partial charge on any atom is -0.465 e. The van der Waals surface area contributed by atoms with Crippen molar-refractivity contribution in [2.75, 3.05) is 12.4 Å². The first-order chi connectivity index (χ1) is 10.1. The predicted octanol–water partition coefficient (Wildman–Crippen LogP) is 3.91. The van der Waals surface area contributed by atoms with E-state index >= 15 is 0 Å². The second-order valence-corrected chi connectivity index (χ2v) is 5.25. The number of esters is 1. The van der Waals surface area contributed by atoms with Gasteiger partial charge in [0.1, 0.15) is 6.04 Å². The Labute approximate surface area is 131 Å². The molecule has 0 bridgehead atoms. The summed E-state index contributed by atoms with van der Waals surface area (Å²) in [5.41, 5.74) is 2.08. The van der Waals surface area contributed by atoms with Crippen LogP contribution in [-0.4, -0.2) is 13.1 Å². The maximum atomic E-state index is 11.4. The van der Waals surface area contributed by atoms with Gasteiger partial charge in [-0.3, -0.25) is 0 Å². The van der Waals surface area contributed by atoms with Gasteiger partial charge in [-0.25, -0.2) is 4.79 Å². The summed E-state index contributed by atoms with van der Waals surface area (Å²) >= 11 is 3.39. The summed E-state index contributed by atoms with van der Waals surface area (Å²) in [4.78, 5) is 11.4. The zero-order valence-corrected chi connectivity index (χ0v) is 12.9. The molecule has 0 heterocycles. The highest BCUT2D eigenvalue weighted by molar-refractivity contribution is 9.10. The first-order valence-electron chi connectivity index (χ1n) is 6.24. The van der Waals surface area contributed by atoms with E-state index in [1.165, 1.54) is 7.11 Å². The van der Waals surface area contributed by atoms with E-state index in [0.29, 0.717) is 5.56 Å².